The average molecular weight is 350 g/mol. The number of ketones is 1. The number of nitrogens with zero attached hydrogens (tertiary/aromatic N) is 1. The van der Waals surface area contributed by atoms with Gasteiger partial charge in [-0.2, -0.15) is 0 Å². The molecule has 1 saturated heterocycles. The number of benzene rings is 2. The van der Waals surface area contributed by atoms with Crippen LogP contribution in [-0.2, 0) is 12.0 Å². The first-order valence-electron chi connectivity index (χ1n) is 9.49. The maximum Gasteiger partial charge on any atom is 0.169 e. The number of nitrogen functional groups attached to an aromatic ring is 1. The van der Waals surface area contributed by atoms with Crippen LogP contribution in [0.15, 0.2) is 48.5 Å². The lowest BCUT2D eigenvalue weighted by molar-refractivity contribution is -0.0283. The molecule has 1 heterocycles. The predicted octanol–water partition coefficient (Wildman–Crippen LogP) is 3.00. The summed E-state index contributed by atoms with van der Waals surface area (Å²) >= 11 is 0. The molecule has 136 valence electrons. The number of fused-ring (bicyclic) bond motifs is 1. The van der Waals surface area contributed by atoms with E-state index in [-0.39, 0.29) is 11.7 Å². The molecule has 4 nitrogen and oxygen atoms in total. The zero-order valence-corrected chi connectivity index (χ0v) is 15.0. The number of hydrogen-bond donors (Lipinski definition) is 2. The van der Waals surface area contributed by atoms with Crippen molar-refractivity contribution in [1.82, 2.24) is 4.90 Å². The number of piperidine rings is 1. The molecule has 0 amide bonds. The predicted molar refractivity (Wildman–Crippen MR) is 103 cm³/mol. The molecule has 0 saturated carbocycles. The quantitative estimate of drug-likeness (QED) is 0.835. The van der Waals surface area contributed by atoms with Gasteiger partial charge >= 0.3 is 0 Å². The van der Waals surface area contributed by atoms with E-state index in [9.17, 15) is 9.90 Å². The van der Waals surface area contributed by atoms with Crippen molar-refractivity contribution in [3.8, 4) is 0 Å². The molecule has 3 N–H and O–H groups in total. The SMILES string of the molecule is Nc1cccc2c1C(=O)C(CN1CCC(O)(c3ccccc3)CC1)CC2. The van der Waals surface area contributed by atoms with E-state index >= 15 is 0 Å². The van der Waals surface area contributed by atoms with Gasteiger partial charge in [-0.25, -0.2) is 0 Å². The number of nitrogens with two attached hydrogens (primary N) is 1. The summed E-state index contributed by atoms with van der Waals surface area (Å²) in [7, 11) is 0. The highest BCUT2D eigenvalue weighted by molar-refractivity contribution is 6.04. The summed E-state index contributed by atoms with van der Waals surface area (Å²) in [5.74, 6) is 0.198. The Morgan fingerprint density at radius 1 is 1.08 bits per heavy atom. The highest BCUT2D eigenvalue weighted by atomic mass is 16.3. The molecule has 1 aliphatic carbocycles. The number of carbonyl (C=O) groups excluding carboxylic acids is 1. The highest BCUT2D eigenvalue weighted by Crippen LogP contribution is 2.34. The Kier molecular flexibility index (Phi) is 4.55. The maximum atomic E-state index is 12.9. The monoisotopic (exact) mass is 350 g/mol. The smallest absolute Gasteiger partial charge is 0.169 e. The van der Waals surface area contributed by atoms with Gasteiger partial charge in [0.2, 0.25) is 0 Å². The lowest BCUT2D eigenvalue weighted by Crippen LogP contribution is -2.45. The molecule has 1 fully saturated rings. The molecular weight excluding hydrogens is 324 g/mol. The normalized spacial score (nSPS) is 22.8. The number of anilines is 1. The van der Waals surface area contributed by atoms with Crippen LogP contribution in [-0.4, -0.2) is 35.4 Å². The minimum absolute atomic E-state index is 0.00937. The van der Waals surface area contributed by atoms with Crippen molar-refractivity contribution >= 4 is 11.5 Å². The van der Waals surface area contributed by atoms with Gasteiger partial charge in [-0.15, -0.1) is 0 Å². The van der Waals surface area contributed by atoms with Crippen molar-refractivity contribution in [1.29, 1.82) is 0 Å². The molecule has 2 aromatic carbocycles. The Hall–Kier alpha value is -2.17. The second-order valence-electron chi connectivity index (χ2n) is 7.68. The molecule has 2 aromatic rings. The molecule has 0 spiro atoms. The Morgan fingerprint density at radius 3 is 2.54 bits per heavy atom. The van der Waals surface area contributed by atoms with Gasteiger partial charge in [0.05, 0.1) is 5.60 Å². The van der Waals surface area contributed by atoms with Crippen LogP contribution >= 0.6 is 0 Å². The topological polar surface area (TPSA) is 66.6 Å². The van der Waals surface area contributed by atoms with Crippen LogP contribution in [0.3, 0.4) is 0 Å². The summed E-state index contributed by atoms with van der Waals surface area (Å²) in [6.45, 7) is 2.39. The molecule has 1 atom stereocenters. The first-order valence-corrected chi connectivity index (χ1v) is 9.49. The fourth-order valence-electron chi connectivity index (χ4n) is 4.42. The zero-order valence-electron chi connectivity index (χ0n) is 15.0. The molecule has 4 heteroatoms. The van der Waals surface area contributed by atoms with Gasteiger partial charge < -0.3 is 15.7 Å². The molecule has 0 bridgehead atoms. The Labute approximate surface area is 154 Å². The molecular formula is C22H26N2O2. The van der Waals surface area contributed by atoms with Crippen molar-refractivity contribution < 1.29 is 9.90 Å². The van der Waals surface area contributed by atoms with E-state index in [1.807, 2.05) is 48.5 Å². The van der Waals surface area contributed by atoms with Crippen molar-refractivity contribution in [2.75, 3.05) is 25.4 Å². The number of rotatable bonds is 3. The summed E-state index contributed by atoms with van der Waals surface area (Å²) in [6.07, 6.45) is 3.21. The van der Waals surface area contributed by atoms with E-state index in [1.54, 1.807) is 0 Å². The summed E-state index contributed by atoms with van der Waals surface area (Å²) in [5, 5.41) is 11.0. The average Bonchev–Trinajstić information content (AvgIpc) is 2.67. The molecule has 0 aromatic heterocycles. The maximum absolute atomic E-state index is 12.9. The Morgan fingerprint density at radius 2 is 1.81 bits per heavy atom. The van der Waals surface area contributed by atoms with Gasteiger partial charge in [0.25, 0.3) is 0 Å². The summed E-state index contributed by atoms with van der Waals surface area (Å²) in [4.78, 5) is 15.2. The standard InChI is InChI=1S/C22H26N2O2/c23-19-8-4-5-16-9-10-17(21(25)20(16)19)15-24-13-11-22(26,12-14-24)18-6-2-1-3-7-18/h1-8,17,26H,9-15,23H2. The van der Waals surface area contributed by atoms with Crippen molar-refractivity contribution in [2.24, 2.45) is 5.92 Å². The summed E-state index contributed by atoms with van der Waals surface area (Å²) in [6, 6.07) is 15.7. The number of hydrogen-bond acceptors (Lipinski definition) is 4. The second-order valence-corrected chi connectivity index (χ2v) is 7.68. The molecule has 1 unspecified atom stereocenters. The summed E-state index contributed by atoms with van der Waals surface area (Å²) in [5.41, 5.74) is 8.74. The lowest BCUT2D eigenvalue weighted by atomic mass is 9.80. The largest absolute Gasteiger partial charge is 0.398 e. The first kappa shape index (κ1) is 17.3. The first-order chi connectivity index (χ1) is 12.6. The number of aliphatic hydroxyl groups is 1. The third-order valence-electron chi connectivity index (χ3n) is 6.04. The van der Waals surface area contributed by atoms with Crippen LogP contribution in [0.25, 0.3) is 0 Å². The third-order valence-corrected chi connectivity index (χ3v) is 6.04. The van der Waals surface area contributed by atoms with Gasteiger partial charge in [0.1, 0.15) is 0 Å². The lowest BCUT2D eigenvalue weighted by Gasteiger charge is -2.40. The van der Waals surface area contributed by atoms with Gasteiger partial charge in [-0.05, 0) is 42.9 Å². The van der Waals surface area contributed by atoms with Crippen molar-refractivity contribution in [2.45, 2.75) is 31.3 Å². The number of likely N-dealkylation sites (tertiary alicyclic amines) is 1. The van der Waals surface area contributed by atoms with Crippen LogP contribution in [0, 0.1) is 5.92 Å². The van der Waals surface area contributed by atoms with Gasteiger partial charge in [-0.1, -0.05) is 42.5 Å². The minimum Gasteiger partial charge on any atom is -0.398 e. The van der Waals surface area contributed by atoms with E-state index in [0.29, 0.717) is 18.5 Å². The molecule has 0 radical (unpaired) electrons. The van der Waals surface area contributed by atoms with Crippen LogP contribution in [0.4, 0.5) is 5.69 Å². The van der Waals surface area contributed by atoms with Crippen LogP contribution in [0.1, 0.15) is 40.7 Å². The van der Waals surface area contributed by atoms with Gasteiger partial charge in [0, 0.05) is 36.8 Å². The van der Waals surface area contributed by atoms with E-state index in [4.69, 9.17) is 5.73 Å². The van der Waals surface area contributed by atoms with Crippen LogP contribution in [0.2, 0.25) is 0 Å². The third kappa shape index (κ3) is 3.15. The van der Waals surface area contributed by atoms with Gasteiger partial charge in [0.15, 0.2) is 5.78 Å². The Bertz CT molecular complexity index is 795. The molecule has 26 heavy (non-hydrogen) atoms. The minimum atomic E-state index is -0.745. The van der Waals surface area contributed by atoms with Gasteiger partial charge in [-0.3, -0.25) is 4.79 Å². The van der Waals surface area contributed by atoms with Crippen LogP contribution < -0.4 is 5.73 Å². The molecule has 2 aliphatic rings. The Balaban J connectivity index is 1.41. The fourth-order valence-corrected chi connectivity index (χ4v) is 4.42. The summed E-state index contributed by atoms with van der Waals surface area (Å²) < 4.78 is 0. The zero-order chi connectivity index (χ0) is 18.1. The number of carbonyl (C=O) groups is 1. The van der Waals surface area contributed by atoms with E-state index in [0.717, 1.165) is 49.2 Å². The van der Waals surface area contributed by atoms with Crippen molar-refractivity contribution in [3.63, 3.8) is 0 Å². The molecule has 1 aliphatic heterocycles. The number of aryl methyl sites for hydroxylation is 1. The van der Waals surface area contributed by atoms with Crippen molar-refractivity contribution in [3.05, 3.63) is 65.2 Å². The molecule has 4 rings (SSSR count). The fraction of sp³-hybridized carbons (Fsp3) is 0.409. The van der Waals surface area contributed by atoms with E-state index < -0.39 is 5.60 Å². The second kappa shape index (κ2) is 6.86. The van der Waals surface area contributed by atoms with E-state index in [1.165, 1.54) is 0 Å². The van der Waals surface area contributed by atoms with E-state index in [2.05, 4.69) is 4.90 Å². The number of Topliss-reactive ketones (excluding diaryl/α,β-unsaturated/α-hetero) is 1. The highest BCUT2D eigenvalue weighted by Gasteiger charge is 2.36. The van der Waals surface area contributed by atoms with Crippen LogP contribution in [0.5, 0.6) is 0 Å².